The maximum absolute atomic E-state index is 10.5. The van der Waals surface area contributed by atoms with Crippen LogP contribution in [0.25, 0.3) is 0 Å². The van der Waals surface area contributed by atoms with E-state index in [2.05, 4.69) is 0 Å². The Morgan fingerprint density at radius 1 is 1.27 bits per heavy atom. The molecule has 0 saturated carbocycles. The van der Waals surface area contributed by atoms with Crippen molar-refractivity contribution < 1.29 is 39.8 Å². The number of ether oxygens (including phenoxy) is 2. The smallest absolute Gasteiger partial charge is 0.321 e. The number of aliphatic hydroxyl groups is 4. The van der Waals surface area contributed by atoms with E-state index in [1.54, 1.807) is 0 Å². The van der Waals surface area contributed by atoms with Crippen LogP contribution in [0, 0.1) is 0 Å². The molecule has 1 heterocycles. The minimum Gasteiger partial charge on any atom is -0.480 e. The van der Waals surface area contributed by atoms with Gasteiger partial charge in [0.2, 0.25) is 0 Å². The first-order valence-electron chi connectivity index (χ1n) is 6.86. The summed E-state index contributed by atoms with van der Waals surface area (Å²) in [4.78, 5) is 10.5. The molecule has 0 radical (unpaired) electrons. The van der Waals surface area contributed by atoms with E-state index in [-0.39, 0.29) is 12.4 Å². The average Bonchev–Trinajstić information content (AvgIpc) is 2.49. The highest BCUT2D eigenvalue weighted by atomic mass is 32.2. The topological polar surface area (TPSA) is 163 Å². The zero-order valence-corrected chi connectivity index (χ0v) is 12.8. The van der Waals surface area contributed by atoms with Gasteiger partial charge < -0.3 is 40.7 Å². The molecule has 1 saturated heterocycles. The third-order valence-electron chi connectivity index (χ3n) is 3.18. The summed E-state index contributed by atoms with van der Waals surface area (Å²) in [5.41, 5.74) is 5.35. The second-order valence-corrected chi connectivity index (χ2v) is 6.09. The van der Waals surface area contributed by atoms with Gasteiger partial charge in [-0.2, -0.15) is 11.8 Å². The summed E-state index contributed by atoms with van der Waals surface area (Å²) in [6.45, 7) is -0.300. The van der Waals surface area contributed by atoms with Gasteiger partial charge in [-0.1, -0.05) is 0 Å². The predicted molar refractivity (Wildman–Crippen MR) is 77.3 cm³/mol. The fourth-order valence-electron chi connectivity index (χ4n) is 1.85. The van der Waals surface area contributed by atoms with Crippen LogP contribution in [0.1, 0.15) is 6.42 Å². The van der Waals surface area contributed by atoms with Gasteiger partial charge in [0.05, 0.1) is 13.2 Å². The van der Waals surface area contributed by atoms with Crippen molar-refractivity contribution in [2.45, 2.75) is 43.2 Å². The quantitative estimate of drug-likeness (QED) is 0.244. The van der Waals surface area contributed by atoms with Gasteiger partial charge in [-0.3, -0.25) is 4.79 Å². The predicted octanol–water partition coefficient (Wildman–Crippen LogP) is -2.66. The lowest BCUT2D eigenvalue weighted by molar-refractivity contribution is -0.300. The number of hydrogen-bond acceptors (Lipinski definition) is 9. The molecule has 10 heteroatoms. The minimum atomic E-state index is -1.46. The molecule has 7 N–H and O–H groups in total. The van der Waals surface area contributed by atoms with Crippen LogP contribution < -0.4 is 5.73 Å². The Labute approximate surface area is 132 Å². The normalized spacial score (nSPS) is 33.6. The summed E-state index contributed by atoms with van der Waals surface area (Å²) in [6, 6.07) is -0.906. The van der Waals surface area contributed by atoms with Gasteiger partial charge in [0.1, 0.15) is 30.5 Å². The molecule has 1 rings (SSSR count). The van der Waals surface area contributed by atoms with E-state index in [1.807, 2.05) is 0 Å². The van der Waals surface area contributed by atoms with Crippen molar-refractivity contribution in [3.8, 4) is 0 Å². The molecule has 130 valence electrons. The minimum absolute atomic E-state index is 0.206. The van der Waals surface area contributed by atoms with E-state index in [4.69, 9.17) is 25.4 Å². The van der Waals surface area contributed by atoms with E-state index < -0.39 is 49.3 Å². The van der Waals surface area contributed by atoms with Crippen molar-refractivity contribution in [1.29, 1.82) is 0 Å². The number of carbonyl (C=O) groups is 1. The summed E-state index contributed by atoms with van der Waals surface area (Å²) in [7, 11) is 0. The molecule has 1 aliphatic rings. The molecule has 9 nitrogen and oxygen atoms in total. The van der Waals surface area contributed by atoms with E-state index in [9.17, 15) is 20.1 Å². The van der Waals surface area contributed by atoms with E-state index in [0.717, 1.165) is 0 Å². The zero-order chi connectivity index (χ0) is 16.7. The third kappa shape index (κ3) is 5.63. The molecule has 0 aromatic rings. The Balaban J connectivity index is 2.22. The molecular formula is C12H23NO8S. The lowest BCUT2D eigenvalue weighted by atomic mass is 9.99. The molecule has 0 bridgehead atoms. The largest absolute Gasteiger partial charge is 0.480 e. The van der Waals surface area contributed by atoms with Crippen LogP contribution >= 0.6 is 11.8 Å². The standard InChI is InChI=1S/C12H23NO8S/c13-6(11(18)19)5-22-3-1-2-20-12-10(17)9(16)8(15)7(4-14)21-12/h6-10,12,14-17H,1-5,13H2,(H,18,19)/t6-,7+,8+,9-,10+,12+/m0/s1. The lowest BCUT2D eigenvalue weighted by Crippen LogP contribution is -2.59. The van der Waals surface area contributed by atoms with E-state index >= 15 is 0 Å². The number of hydrogen-bond donors (Lipinski definition) is 6. The van der Waals surface area contributed by atoms with Gasteiger partial charge in [-0.25, -0.2) is 0 Å². The van der Waals surface area contributed by atoms with Gasteiger partial charge >= 0.3 is 5.97 Å². The van der Waals surface area contributed by atoms with Gasteiger partial charge in [0.25, 0.3) is 0 Å². The molecule has 0 aromatic carbocycles. The second-order valence-electron chi connectivity index (χ2n) is 4.94. The first-order valence-corrected chi connectivity index (χ1v) is 8.02. The number of carboxylic acid groups (broad SMARTS) is 1. The Morgan fingerprint density at radius 2 is 1.95 bits per heavy atom. The van der Waals surface area contributed by atoms with Crippen LogP contribution in [0.2, 0.25) is 0 Å². The van der Waals surface area contributed by atoms with Crippen molar-refractivity contribution in [1.82, 2.24) is 0 Å². The van der Waals surface area contributed by atoms with Crippen LogP contribution in [-0.4, -0.2) is 93.0 Å². The Hall–Kier alpha value is -0.460. The Bertz CT molecular complexity index is 345. The van der Waals surface area contributed by atoms with Crippen LogP contribution in [-0.2, 0) is 14.3 Å². The van der Waals surface area contributed by atoms with Crippen molar-refractivity contribution in [3.63, 3.8) is 0 Å². The highest BCUT2D eigenvalue weighted by molar-refractivity contribution is 7.99. The Morgan fingerprint density at radius 3 is 2.55 bits per heavy atom. The number of aliphatic hydroxyl groups excluding tert-OH is 4. The van der Waals surface area contributed by atoms with Gasteiger partial charge in [0.15, 0.2) is 6.29 Å². The number of carboxylic acids is 1. The van der Waals surface area contributed by atoms with Crippen molar-refractivity contribution in [2.75, 3.05) is 24.7 Å². The number of thioether (sulfide) groups is 1. The van der Waals surface area contributed by atoms with Crippen LogP contribution in [0.5, 0.6) is 0 Å². The summed E-state index contributed by atoms with van der Waals surface area (Å²) < 4.78 is 10.5. The van der Waals surface area contributed by atoms with Crippen molar-refractivity contribution in [2.24, 2.45) is 5.73 Å². The summed E-state index contributed by atoms with van der Waals surface area (Å²) in [5, 5.41) is 46.5. The van der Waals surface area contributed by atoms with Gasteiger partial charge in [0, 0.05) is 5.75 Å². The molecule has 22 heavy (non-hydrogen) atoms. The first-order chi connectivity index (χ1) is 10.4. The first kappa shape index (κ1) is 19.6. The molecule has 0 aliphatic carbocycles. The SMILES string of the molecule is N[C@@H](CSCCCO[C@@H]1O[C@H](CO)[C@@H](O)[C@H](O)[C@H]1O)C(=O)O. The molecule has 0 spiro atoms. The van der Waals surface area contributed by atoms with Crippen molar-refractivity contribution in [3.05, 3.63) is 0 Å². The van der Waals surface area contributed by atoms with E-state index in [0.29, 0.717) is 12.2 Å². The average molecular weight is 341 g/mol. The maximum atomic E-state index is 10.5. The molecular weight excluding hydrogens is 318 g/mol. The van der Waals surface area contributed by atoms with E-state index in [1.165, 1.54) is 11.8 Å². The maximum Gasteiger partial charge on any atom is 0.321 e. The molecule has 0 aromatic heterocycles. The fourth-order valence-corrected chi connectivity index (χ4v) is 2.73. The number of nitrogens with two attached hydrogens (primary N) is 1. The molecule has 1 fully saturated rings. The third-order valence-corrected chi connectivity index (χ3v) is 4.35. The fraction of sp³-hybridized carbons (Fsp3) is 0.917. The second kappa shape index (κ2) is 9.63. The zero-order valence-electron chi connectivity index (χ0n) is 11.9. The van der Waals surface area contributed by atoms with Gasteiger partial charge in [-0.15, -0.1) is 0 Å². The molecule has 6 atom stereocenters. The van der Waals surface area contributed by atoms with Crippen molar-refractivity contribution >= 4 is 17.7 Å². The molecule has 1 aliphatic heterocycles. The highest BCUT2D eigenvalue weighted by Crippen LogP contribution is 2.22. The monoisotopic (exact) mass is 341 g/mol. The number of rotatable bonds is 9. The summed E-state index contributed by atoms with van der Waals surface area (Å²) >= 11 is 1.36. The van der Waals surface area contributed by atoms with Crippen LogP contribution in [0.4, 0.5) is 0 Å². The van der Waals surface area contributed by atoms with Gasteiger partial charge in [-0.05, 0) is 12.2 Å². The van der Waals surface area contributed by atoms with Crippen LogP contribution in [0.15, 0.2) is 0 Å². The highest BCUT2D eigenvalue weighted by Gasteiger charge is 2.43. The van der Waals surface area contributed by atoms with Crippen LogP contribution in [0.3, 0.4) is 0 Å². The molecule has 0 unspecified atom stereocenters. The number of aliphatic carboxylic acids is 1. The summed E-state index contributed by atoms with van der Waals surface area (Å²) in [5.74, 6) is -0.154. The lowest BCUT2D eigenvalue weighted by Gasteiger charge is -2.39. The molecule has 0 amide bonds. The Kier molecular flexibility index (Phi) is 8.57. The summed E-state index contributed by atoms with van der Waals surface area (Å²) in [6.07, 6.45) is -5.85.